The van der Waals surface area contributed by atoms with Crippen LogP contribution in [0.3, 0.4) is 0 Å². The van der Waals surface area contributed by atoms with Gasteiger partial charge in [0.15, 0.2) is 0 Å². The normalized spacial score (nSPS) is 13.4. The molecule has 0 spiro atoms. The maximum atomic E-state index is 3.62. The van der Waals surface area contributed by atoms with E-state index in [1.807, 2.05) is 0 Å². The maximum absolute atomic E-state index is 3.62. The predicted molar refractivity (Wildman–Crippen MR) is 72.9 cm³/mol. The van der Waals surface area contributed by atoms with E-state index in [2.05, 4.69) is 49.9 Å². The molecule has 1 atom stereocenters. The van der Waals surface area contributed by atoms with Gasteiger partial charge < -0.3 is 10.2 Å². The summed E-state index contributed by atoms with van der Waals surface area (Å²) in [4.78, 5) is 2.25. The van der Waals surface area contributed by atoms with Gasteiger partial charge in [0.05, 0.1) is 0 Å². The standard InChI is InChI=1S/C12H28N2S/c1-5-7-12(13-8-6-2)11-15-10-9-14(3)4/h12-13H,5-11H2,1-4H3. The van der Waals surface area contributed by atoms with Gasteiger partial charge in [0.1, 0.15) is 0 Å². The highest BCUT2D eigenvalue weighted by molar-refractivity contribution is 7.99. The lowest BCUT2D eigenvalue weighted by Crippen LogP contribution is -2.32. The Morgan fingerprint density at radius 3 is 2.47 bits per heavy atom. The minimum Gasteiger partial charge on any atom is -0.313 e. The minimum atomic E-state index is 0.724. The first-order valence-electron chi connectivity index (χ1n) is 6.16. The number of thioether (sulfide) groups is 1. The van der Waals surface area contributed by atoms with Gasteiger partial charge in [-0.25, -0.2) is 0 Å². The minimum absolute atomic E-state index is 0.724. The quantitative estimate of drug-likeness (QED) is 0.583. The van der Waals surface area contributed by atoms with E-state index in [0.29, 0.717) is 0 Å². The summed E-state index contributed by atoms with van der Waals surface area (Å²) in [5.74, 6) is 2.52. The van der Waals surface area contributed by atoms with Gasteiger partial charge in [-0.15, -0.1) is 0 Å². The molecule has 0 aliphatic heterocycles. The average molecular weight is 232 g/mol. The molecule has 15 heavy (non-hydrogen) atoms. The number of rotatable bonds is 10. The summed E-state index contributed by atoms with van der Waals surface area (Å²) in [5, 5.41) is 3.62. The summed E-state index contributed by atoms with van der Waals surface area (Å²) in [7, 11) is 4.28. The topological polar surface area (TPSA) is 15.3 Å². The van der Waals surface area contributed by atoms with Crippen LogP contribution in [0.2, 0.25) is 0 Å². The molecule has 0 heterocycles. The van der Waals surface area contributed by atoms with E-state index in [1.165, 1.54) is 43.9 Å². The lowest BCUT2D eigenvalue weighted by molar-refractivity contribution is 0.437. The molecule has 0 radical (unpaired) electrons. The Morgan fingerprint density at radius 1 is 1.20 bits per heavy atom. The van der Waals surface area contributed by atoms with Crippen LogP contribution in [0.15, 0.2) is 0 Å². The third-order valence-electron chi connectivity index (χ3n) is 2.32. The van der Waals surface area contributed by atoms with Crippen molar-refractivity contribution in [1.29, 1.82) is 0 Å². The molecule has 1 N–H and O–H groups in total. The van der Waals surface area contributed by atoms with Crippen LogP contribution in [0.4, 0.5) is 0 Å². The molecule has 0 saturated carbocycles. The summed E-state index contributed by atoms with van der Waals surface area (Å²) in [6, 6.07) is 0.724. The molecular formula is C12H28N2S. The average Bonchev–Trinajstić information content (AvgIpc) is 2.20. The van der Waals surface area contributed by atoms with Gasteiger partial charge in [-0.1, -0.05) is 20.3 Å². The molecule has 0 amide bonds. The van der Waals surface area contributed by atoms with Crippen molar-refractivity contribution in [2.75, 3.05) is 38.7 Å². The second-order valence-electron chi connectivity index (χ2n) is 4.32. The van der Waals surface area contributed by atoms with Crippen LogP contribution in [0.25, 0.3) is 0 Å². The summed E-state index contributed by atoms with van der Waals surface area (Å²) < 4.78 is 0. The molecule has 2 nitrogen and oxygen atoms in total. The number of nitrogens with one attached hydrogen (secondary N) is 1. The van der Waals surface area contributed by atoms with Gasteiger partial charge in [-0.2, -0.15) is 11.8 Å². The summed E-state index contributed by atoms with van der Waals surface area (Å²) in [6.45, 7) is 6.86. The van der Waals surface area contributed by atoms with E-state index in [4.69, 9.17) is 0 Å². The molecular weight excluding hydrogens is 204 g/mol. The Bertz CT molecular complexity index is 129. The first kappa shape index (κ1) is 15.3. The van der Waals surface area contributed by atoms with Crippen molar-refractivity contribution in [1.82, 2.24) is 10.2 Å². The fraction of sp³-hybridized carbons (Fsp3) is 1.00. The summed E-state index contributed by atoms with van der Waals surface area (Å²) >= 11 is 2.08. The zero-order valence-corrected chi connectivity index (χ0v) is 11.7. The lowest BCUT2D eigenvalue weighted by atomic mass is 10.2. The molecule has 1 unspecified atom stereocenters. The van der Waals surface area contributed by atoms with Crippen LogP contribution in [0.1, 0.15) is 33.1 Å². The molecule has 92 valence electrons. The summed E-state index contributed by atoms with van der Waals surface area (Å²) in [5.41, 5.74) is 0. The van der Waals surface area contributed by atoms with Crippen molar-refractivity contribution >= 4 is 11.8 Å². The zero-order valence-electron chi connectivity index (χ0n) is 10.9. The maximum Gasteiger partial charge on any atom is 0.0158 e. The molecule has 0 bridgehead atoms. The van der Waals surface area contributed by atoms with E-state index in [0.717, 1.165) is 6.04 Å². The molecule has 3 heteroatoms. The second-order valence-corrected chi connectivity index (χ2v) is 5.47. The fourth-order valence-corrected chi connectivity index (χ4v) is 2.64. The largest absolute Gasteiger partial charge is 0.313 e. The van der Waals surface area contributed by atoms with Crippen molar-refractivity contribution in [2.45, 2.75) is 39.2 Å². The zero-order chi connectivity index (χ0) is 11.5. The van der Waals surface area contributed by atoms with E-state index in [1.54, 1.807) is 0 Å². The molecule has 0 aromatic heterocycles. The van der Waals surface area contributed by atoms with Crippen molar-refractivity contribution < 1.29 is 0 Å². The molecule has 0 saturated heterocycles. The van der Waals surface area contributed by atoms with Crippen molar-refractivity contribution in [3.05, 3.63) is 0 Å². The Hall–Kier alpha value is 0.270. The van der Waals surface area contributed by atoms with Crippen LogP contribution in [0, 0.1) is 0 Å². The first-order chi connectivity index (χ1) is 7.20. The van der Waals surface area contributed by atoms with Gasteiger partial charge in [0, 0.05) is 24.1 Å². The van der Waals surface area contributed by atoms with Crippen LogP contribution < -0.4 is 5.32 Å². The predicted octanol–water partition coefficient (Wildman–Crippen LogP) is 2.45. The highest BCUT2D eigenvalue weighted by atomic mass is 32.2. The van der Waals surface area contributed by atoms with E-state index in [-0.39, 0.29) is 0 Å². The Labute approximate surface area is 100 Å². The summed E-state index contributed by atoms with van der Waals surface area (Å²) in [6.07, 6.45) is 3.84. The van der Waals surface area contributed by atoms with Crippen molar-refractivity contribution in [3.8, 4) is 0 Å². The monoisotopic (exact) mass is 232 g/mol. The van der Waals surface area contributed by atoms with Gasteiger partial charge in [-0.3, -0.25) is 0 Å². The van der Waals surface area contributed by atoms with E-state index >= 15 is 0 Å². The van der Waals surface area contributed by atoms with Gasteiger partial charge in [0.2, 0.25) is 0 Å². The Kier molecular flexibility index (Phi) is 11.0. The highest BCUT2D eigenvalue weighted by Gasteiger charge is 2.05. The number of hydrogen-bond acceptors (Lipinski definition) is 3. The molecule has 0 rings (SSSR count). The lowest BCUT2D eigenvalue weighted by Gasteiger charge is -2.18. The van der Waals surface area contributed by atoms with Crippen LogP contribution in [0.5, 0.6) is 0 Å². The second kappa shape index (κ2) is 10.8. The number of nitrogens with zero attached hydrogens (tertiary/aromatic N) is 1. The van der Waals surface area contributed by atoms with E-state index < -0.39 is 0 Å². The highest BCUT2D eigenvalue weighted by Crippen LogP contribution is 2.07. The first-order valence-corrected chi connectivity index (χ1v) is 7.32. The van der Waals surface area contributed by atoms with Crippen LogP contribution in [-0.2, 0) is 0 Å². The number of hydrogen-bond donors (Lipinski definition) is 1. The van der Waals surface area contributed by atoms with Crippen molar-refractivity contribution in [2.24, 2.45) is 0 Å². The van der Waals surface area contributed by atoms with Crippen molar-refractivity contribution in [3.63, 3.8) is 0 Å². The van der Waals surface area contributed by atoms with E-state index in [9.17, 15) is 0 Å². The third-order valence-corrected chi connectivity index (χ3v) is 3.43. The van der Waals surface area contributed by atoms with Gasteiger partial charge in [-0.05, 0) is 33.5 Å². The molecule has 0 aromatic rings. The van der Waals surface area contributed by atoms with Gasteiger partial charge in [0.25, 0.3) is 0 Å². The van der Waals surface area contributed by atoms with Gasteiger partial charge >= 0.3 is 0 Å². The van der Waals surface area contributed by atoms with Crippen LogP contribution >= 0.6 is 11.8 Å². The molecule has 0 aliphatic rings. The molecule has 0 fully saturated rings. The Morgan fingerprint density at radius 2 is 1.93 bits per heavy atom. The Balaban J connectivity index is 3.47. The fourth-order valence-electron chi connectivity index (χ4n) is 1.41. The molecule has 0 aromatic carbocycles. The smallest absolute Gasteiger partial charge is 0.0158 e. The van der Waals surface area contributed by atoms with Crippen LogP contribution in [-0.4, -0.2) is 49.6 Å². The molecule has 0 aliphatic carbocycles. The third kappa shape index (κ3) is 10.6. The SMILES string of the molecule is CCCNC(CCC)CSCCN(C)C.